The molecule has 14 heavy (non-hydrogen) atoms. The molecule has 1 aromatic heterocycles. The first-order chi connectivity index (χ1) is 6.52. The van der Waals surface area contributed by atoms with Crippen molar-refractivity contribution >= 4 is 5.97 Å². The van der Waals surface area contributed by atoms with Gasteiger partial charge in [0.05, 0.1) is 11.8 Å². The number of carbonyl (C=O) groups is 1. The number of carboxylic acid groups (broad SMARTS) is 1. The number of hydrogen-bond acceptors (Lipinski definition) is 3. The van der Waals surface area contributed by atoms with Crippen LogP contribution in [0.1, 0.15) is 29.9 Å². The topological polar surface area (TPSA) is 59.4 Å². The van der Waals surface area contributed by atoms with E-state index in [1.807, 2.05) is 13.8 Å². The Bertz CT molecular complexity index is 347. The molecule has 0 unspecified atom stereocenters. The number of hydrogen-bond donors (Lipinski definition) is 1. The first kappa shape index (κ1) is 10.5. The van der Waals surface area contributed by atoms with Gasteiger partial charge in [-0.2, -0.15) is 0 Å². The van der Waals surface area contributed by atoms with Crippen LogP contribution in [0.5, 0.6) is 5.75 Å². The smallest absolute Gasteiger partial charge is 0.339 e. The maximum atomic E-state index is 10.8. The third kappa shape index (κ3) is 2.22. The van der Waals surface area contributed by atoms with Gasteiger partial charge in [0.15, 0.2) is 5.75 Å². The van der Waals surface area contributed by atoms with Gasteiger partial charge in [0.25, 0.3) is 0 Å². The van der Waals surface area contributed by atoms with Crippen molar-refractivity contribution in [1.82, 2.24) is 4.98 Å². The molecule has 0 amide bonds. The summed E-state index contributed by atoms with van der Waals surface area (Å²) in [6.07, 6.45) is 1.40. The van der Waals surface area contributed by atoms with Gasteiger partial charge in [-0.1, -0.05) is 0 Å². The molecule has 1 aromatic rings. The second-order valence-electron chi connectivity index (χ2n) is 3.24. The average Bonchev–Trinajstić information content (AvgIpc) is 2.07. The zero-order valence-electron chi connectivity index (χ0n) is 8.44. The van der Waals surface area contributed by atoms with E-state index in [2.05, 4.69) is 4.98 Å². The van der Waals surface area contributed by atoms with Gasteiger partial charge in [-0.3, -0.25) is 4.98 Å². The number of carboxylic acids is 1. The monoisotopic (exact) mass is 195 g/mol. The summed E-state index contributed by atoms with van der Waals surface area (Å²) in [4.78, 5) is 14.8. The summed E-state index contributed by atoms with van der Waals surface area (Å²) in [5, 5.41) is 8.90. The lowest BCUT2D eigenvalue weighted by atomic mass is 10.2. The van der Waals surface area contributed by atoms with E-state index < -0.39 is 5.97 Å². The minimum absolute atomic E-state index is 0.0593. The molecule has 0 aliphatic heterocycles. The molecular formula is C10H13NO3. The van der Waals surface area contributed by atoms with E-state index in [4.69, 9.17) is 9.84 Å². The maximum absolute atomic E-state index is 10.8. The summed E-state index contributed by atoms with van der Waals surface area (Å²) in [5.41, 5.74) is 0.754. The van der Waals surface area contributed by atoms with Crippen LogP contribution in [0.15, 0.2) is 12.3 Å². The molecule has 76 valence electrons. The molecular weight excluding hydrogens is 182 g/mol. The predicted molar refractivity (Wildman–Crippen MR) is 51.7 cm³/mol. The Balaban J connectivity index is 3.15. The number of aromatic nitrogens is 1. The molecule has 0 radical (unpaired) electrons. The summed E-state index contributed by atoms with van der Waals surface area (Å²) in [6, 6.07) is 1.44. The van der Waals surface area contributed by atoms with Crippen molar-refractivity contribution in [3.05, 3.63) is 23.5 Å². The van der Waals surface area contributed by atoms with Crippen LogP contribution < -0.4 is 4.74 Å². The van der Waals surface area contributed by atoms with E-state index in [9.17, 15) is 4.79 Å². The number of aryl methyl sites for hydroxylation is 1. The van der Waals surface area contributed by atoms with E-state index in [1.165, 1.54) is 12.3 Å². The zero-order valence-corrected chi connectivity index (χ0v) is 8.44. The van der Waals surface area contributed by atoms with Crippen molar-refractivity contribution in [1.29, 1.82) is 0 Å². The van der Waals surface area contributed by atoms with Crippen molar-refractivity contribution < 1.29 is 14.6 Å². The van der Waals surface area contributed by atoms with Crippen LogP contribution in [0.25, 0.3) is 0 Å². The van der Waals surface area contributed by atoms with Gasteiger partial charge >= 0.3 is 5.97 Å². The van der Waals surface area contributed by atoms with Crippen molar-refractivity contribution in [2.75, 3.05) is 0 Å². The highest BCUT2D eigenvalue weighted by Crippen LogP contribution is 2.22. The highest BCUT2D eigenvalue weighted by Gasteiger charge is 2.14. The molecule has 0 spiro atoms. The maximum Gasteiger partial charge on any atom is 0.339 e. The fraction of sp³-hybridized carbons (Fsp3) is 0.400. The largest absolute Gasteiger partial charge is 0.488 e. The van der Waals surface area contributed by atoms with Gasteiger partial charge < -0.3 is 9.84 Å². The summed E-state index contributed by atoms with van der Waals surface area (Å²) >= 11 is 0. The van der Waals surface area contributed by atoms with Gasteiger partial charge in [-0.15, -0.1) is 0 Å². The molecule has 0 saturated carbocycles. The van der Waals surface area contributed by atoms with Crippen LogP contribution >= 0.6 is 0 Å². The Morgan fingerprint density at radius 3 is 2.71 bits per heavy atom. The van der Waals surface area contributed by atoms with Gasteiger partial charge in [0.2, 0.25) is 0 Å². The molecule has 1 heterocycles. The highest BCUT2D eigenvalue weighted by molar-refractivity contribution is 5.91. The van der Waals surface area contributed by atoms with Crippen molar-refractivity contribution in [2.45, 2.75) is 26.9 Å². The molecule has 0 fully saturated rings. The number of pyridine rings is 1. The fourth-order valence-electron chi connectivity index (χ4n) is 1.11. The normalized spacial score (nSPS) is 10.3. The van der Waals surface area contributed by atoms with Crippen molar-refractivity contribution in [3.63, 3.8) is 0 Å². The fourth-order valence-corrected chi connectivity index (χ4v) is 1.11. The predicted octanol–water partition coefficient (Wildman–Crippen LogP) is 1.88. The Morgan fingerprint density at radius 1 is 1.57 bits per heavy atom. The summed E-state index contributed by atoms with van der Waals surface area (Å²) in [7, 11) is 0. The molecule has 0 saturated heterocycles. The van der Waals surface area contributed by atoms with E-state index in [0.717, 1.165) is 0 Å². The lowest BCUT2D eigenvalue weighted by Crippen LogP contribution is -2.11. The van der Waals surface area contributed by atoms with E-state index in [-0.39, 0.29) is 11.7 Å². The third-order valence-electron chi connectivity index (χ3n) is 1.67. The molecule has 0 aromatic carbocycles. The minimum atomic E-state index is -0.994. The SMILES string of the molecule is Cc1nccc(C(=O)O)c1OC(C)C. The van der Waals surface area contributed by atoms with E-state index >= 15 is 0 Å². The lowest BCUT2D eigenvalue weighted by molar-refractivity contribution is 0.0690. The summed E-state index contributed by atoms with van der Waals surface area (Å²) < 4.78 is 5.39. The second-order valence-corrected chi connectivity index (χ2v) is 3.24. The van der Waals surface area contributed by atoms with Crippen molar-refractivity contribution in [3.8, 4) is 5.75 Å². The van der Waals surface area contributed by atoms with Crippen LogP contribution in [-0.4, -0.2) is 22.2 Å². The highest BCUT2D eigenvalue weighted by atomic mass is 16.5. The van der Waals surface area contributed by atoms with E-state index in [1.54, 1.807) is 6.92 Å². The van der Waals surface area contributed by atoms with Crippen LogP contribution in [0.3, 0.4) is 0 Å². The van der Waals surface area contributed by atoms with Crippen LogP contribution in [0.4, 0.5) is 0 Å². The third-order valence-corrected chi connectivity index (χ3v) is 1.67. The second kappa shape index (κ2) is 4.09. The van der Waals surface area contributed by atoms with Crippen molar-refractivity contribution in [2.24, 2.45) is 0 Å². The van der Waals surface area contributed by atoms with E-state index in [0.29, 0.717) is 11.4 Å². The molecule has 0 atom stereocenters. The molecule has 0 aliphatic rings. The molecule has 1 N–H and O–H groups in total. The Labute approximate surface area is 82.5 Å². The lowest BCUT2D eigenvalue weighted by Gasteiger charge is -2.13. The Morgan fingerprint density at radius 2 is 2.21 bits per heavy atom. The molecule has 0 aliphatic carbocycles. The molecule has 0 bridgehead atoms. The number of rotatable bonds is 3. The zero-order chi connectivity index (χ0) is 10.7. The van der Waals surface area contributed by atoms with Gasteiger partial charge in [-0.05, 0) is 26.8 Å². The first-order valence-electron chi connectivity index (χ1n) is 4.38. The number of nitrogens with zero attached hydrogens (tertiary/aromatic N) is 1. The molecule has 1 rings (SSSR count). The van der Waals surface area contributed by atoms with Gasteiger partial charge in [0.1, 0.15) is 5.56 Å². The standard InChI is InChI=1S/C10H13NO3/c1-6(2)14-9-7(3)11-5-4-8(9)10(12)13/h4-6H,1-3H3,(H,12,13). The number of aromatic carboxylic acids is 1. The van der Waals surface area contributed by atoms with Crippen LogP contribution in [0, 0.1) is 6.92 Å². The van der Waals surface area contributed by atoms with Gasteiger partial charge in [0, 0.05) is 6.20 Å². The van der Waals surface area contributed by atoms with Gasteiger partial charge in [-0.25, -0.2) is 4.79 Å². The average molecular weight is 195 g/mol. The summed E-state index contributed by atoms with van der Waals surface area (Å²) in [5.74, 6) is -0.638. The quantitative estimate of drug-likeness (QED) is 0.799. The van der Waals surface area contributed by atoms with Crippen LogP contribution in [-0.2, 0) is 0 Å². The Hall–Kier alpha value is -1.58. The number of ether oxygens (including phenoxy) is 1. The molecule has 4 heteroatoms. The minimum Gasteiger partial charge on any atom is -0.488 e. The molecule has 4 nitrogen and oxygen atoms in total. The Kier molecular flexibility index (Phi) is 3.06. The van der Waals surface area contributed by atoms with Crippen LogP contribution in [0.2, 0.25) is 0 Å². The summed E-state index contributed by atoms with van der Waals surface area (Å²) in [6.45, 7) is 5.42. The first-order valence-corrected chi connectivity index (χ1v) is 4.38.